The lowest BCUT2D eigenvalue weighted by Crippen LogP contribution is -2.20. The van der Waals surface area contributed by atoms with Crippen molar-refractivity contribution in [2.45, 2.75) is 31.5 Å². The van der Waals surface area contributed by atoms with E-state index in [1.165, 1.54) is 11.8 Å². The number of rotatable bonds is 7. The predicted molar refractivity (Wildman–Crippen MR) is 112 cm³/mol. The van der Waals surface area contributed by atoms with Gasteiger partial charge in [0, 0.05) is 42.8 Å². The standard InChI is InChI=1S/C21H21N5O2S/c1-3-10-26-20(14-6-8-22-9-7-14)23-24-21(26)29-13-18(27)15-4-5-17-16(11-15)12-19(28)25(17)2/h4-9,11H,3,10,12-13H2,1-2H3. The second kappa shape index (κ2) is 8.16. The zero-order valence-electron chi connectivity index (χ0n) is 16.3. The molecule has 0 fully saturated rings. The molecule has 0 atom stereocenters. The molecule has 0 saturated carbocycles. The Balaban J connectivity index is 1.51. The van der Waals surface area contributed by atoms with E-state index in [1.807, 2.05) is 28.8 Å². The van der Waals surface area contributed by atoms with Crippen molar-refractivity contribution < 1.29 is 9.59 Å². The third kappa shape index (κ3) is 3.80. The Morgan fingerprint density at radius 3 is 2.72 bits per heavy atom. The summed E-state index contributed by atoms with van der Waals surface area (Å²) in [4.78, 5) is 30.3. The maximum Gasteiger partial charge on any atom is 0.231 e. The van der Waals surface area contributed by atoms with Gasteiger partial charge >= 0.3 is 0 Å². The highest BCUT2D eigenvalue weighted by Gasteiger charge is 2.25. The first-order valence-corrected chi connectivity index (χ1v) is 10.5. The fourth-order valence-corrected chi connectivity index (χ4v) is 4.25. The number of amides is 1. The minimum Gasteiger partial charge on any atom is -0.315 e. The molecule has 4 rings (SSSR count). The van der Waals surface area contributed by atoms with Gasteiger partial charge in [-0.25, -0.2) is 0 Å². The number of likely N-dealkylation sites (N-methyl/N-ethyl adjacent to an activating group) is 1. The van der Waals surface area contributed by atoms with Crippen LogP contribution >= 0.6 is 11.8 Å². The summed E-state index contributed by atoms with van der Waals surface area (Å²) in [5.74, 6) is 1.11. The number of hydrogen-bond acceptors (Lipinski definition) is 6. The van der Waals surface area contributed by atoms with Crippen LogP contribution in [0.25, 0.3) is 11.4 Å². The lowest BCUT2D eigenvalue weighted by molar-refractivity contribution is -0.117. The van der Waals surface area contributed by atoms with Crippen LogP contribution in [-0.2, 0) is 17.8 Å². The first kappa shape index (κ1) is 19.3. The Labute approximate surface area is 173 Å². The van der Waals surface area contributed by atoms with Crippen LogP contribution in [0.2, 0.25) is 0 Å². The van der Waals surface area contributed by atoms with E-state index in [1.54, 1.807) is 30.4 Å². The average Bonchev–Trinajstić information content (AvgIpc) is 3.27. The van der Waals surface area contributed by atoms with Crippen LogP contribution < -0.4 is 4.90 Å². The summed E-state index contributed by atoms with van der Waals surface area (Å²) in [7, 11) is 1.76. The maximum atomic E-state index is 12.7. The summed E-state index contributed by atoms with van der Waals surface area (Å²) in [6.45, 7) is 2.87. The van der Waals surface area contributed by atoms with Gasteiger partial charge in [0.25, 0.3) is 0 Å². The smallest absolute Gasteiger partial charge is 0.231 e. The van der Waals surface area contributed by atoms with Gasteiger partial charge in [0.15, 0.2) is 16.8 Å². The van der Waals surface area contributed by atoms with Gasteiger partial charge in [-0.1, -0.05) is 18.7 Å². The summed E-state index contributed by atoms with van der Waals surface area (Å²) < 4.78 is 2.05. The van der Waals surface area contributed by atoms with Gasteiger partial charge in [-0.2, -0.15) is 0 Å². The number of aromatic nitrogens is 4. The molecule has 0 saturated heterocycles. The van der Waals surface area contributed by atoms with Crippen LogP contribution in [0.4, 0.5) is 5.69 Å². The molecular weight excluding hydrogens is 386 g/mol. The number of pyridine rings is 1. The fourth-order valence-electron chi connectivity index (χ4n) is 3.39. The molecule has 0 bridgehead atoms. The van der Waals surface area contributed by atoms with Gasteiger partial charge in [-0.05, 0) is 42.3 Å². The molecule has 1 amide bonds. The molecule has 0 unspecified atom stereocenters. The van der Waals surface area contributed by atoms with Gasteiger partial charge in [0.1, 0.15) is 0 Å². The number of thioether (sulfide) groups is 1. The van der Waals surface area contributed by atoms with Crippen molar-refractivity contribution in [3.8, 4) is 11.4 Å². The van der Waals surface area contributed by atoms with E-state index in [0.717, 1.165) is 40.8 Å². The third-order valence-corrected chi connectivity index (χ3v) is 5.88. The van der Waals surface area contributed by atoms with Crippen LogP contribution in [0.3, 0.4) is 0 Å². The summed E-state index contributed by atoms with van der Waals surface area (Å²) in [6, 6.07) is 9.27. The molecule has 0 aliphatic carbocycles. The molecule has 1 aliphatic heterocycles. The second-order valence-corrected chi connectivity index (χ2v) is 7.82. The molecule has 0 N–H and O–H groups in total. The van der Waals surface area contributed by atoms with Crippen molar-refractivity contribution in [2.24, 2.45) is 0 Å². The van der Waals surface area contributed by atoms with Crippen LogP contribution in [0, 0.1) is 0 Å². The Hall–Kier alpha value is -3.00. The third-order valence-electron chi connectivity index (χ3n) is 4.91. The monoisotopic (exact) mass is 407 g/mol. The average molecular weight is 407 g/mol. The van der Waals surface area contributed by atoms with Crippen molar-refractivity contribution in [3.63, 3.8) is 0 Å². The van der Waals surface area contributed by atoms with E-state index in [4.69, 9.17) is 0 Å². The molecule has 148 valence electrons. The first-order valence-electron chi connectivity index (χ1n) is 9.47. The highest BCUT2D eigenvalue weighted by atomic mass is 32.2. The molecular formula is C21H21N5O2S. The Morgan fingerprint density at radius 2 is 1.97 bits per heavy atom. The summed E-state index contributed by atoms with van der Waals surface area (Å²) >= 11 is 1.39. The van der Waals surface area contributed by atoms with E-state index >= 15 is 0 Å². The number of ketones is 1. The Bertz CT molecular complexity index is 1060. The van der Waals surface area contributed by atoms with Crippen molar-refractivity contribution in [1.29, 1.82) is 0 Å². The van der Waals surface area contributed by atoms with Crippen molar-refractivity contribution in [3.05, 3.63) is 53.9 Å². The van der Waals surface area contributed by atoms with Crippen LogP contribution in [0.1, 0.15) is 29.3 Å². The number of carbonyl (C=O) groups is 2. The summed E-state index contributed by atoms with van der Waals surface area (Å²) in [5.41, 5.74) is 3.35. The molecule has 1 aromatic carbocycles. The fraction of sp³-hybridized carbons (Fsp3) is 0.286. The Kier molecular flexibility index (Phi) is 5.44. The summed E-state index contributed by atoms with van der Waals surface area (Å²) in [6.07, 6.45) is 4.74. The molecule has 2 aromatic heterocycles. The van der Waals surface area contributed by atoms with Gasteiger partial charge in [0.05, 0.1) is 12.2 Å². The molecule has 1 aliphatic rings. The molecule has 29 heavy (non-hydrogen) atoms. The van der Waals surface area contributed by atoms with Gasteiger partial charge < -0.3 is 9.47 Å². The van der Waals surface area contributed by atoms with E-state index in [9.17, 15) is 9.59 Å². The molecule has 0 radical (unpaired) electrons. The molecule has 0 spiro atoms. The number of carbonyl (C=O) groups excluding carboxylic acids is 2. The van der Waals surface area contributed by atoms with Crippen molar-refractivity contribution in [1.82, 2.24) is 19.7 Å². The van der Waals surface area contributed by atoms with E-state index in [0.29, 0.717) is 12.0 Å². The number of anilines is 1. The van der Waals surface area contributed by atoms with Crippen molar-refractivity contribution in [2.75, 3.05) is 17.7 Å². The molecule has 3 aromatic rings. The Morgan fingerprint density at radius 1 is 1.17 bits per heavy atom. The minimum absolute atomic E-state index is 0.0105. The maximum absolute atomic E-state index is 12.7. The van der Waals surface area contributed by atoms with Crippen LogP contribution in [-0.4, -0.2) is 44.2 Å². The van der Waals surface area contributed by atoms with Crippen LogP contribution in [0.15, 0.2) is 47.9 Å². The molecule has 8 heteroatoms. The van der Waals surface area contributed by atoms with E-state index < -0.39 is 0 Å². The second-order valence-electron chi connectivity index (χ2n) is 6.88. The van der Waals surface area contributed by atoms with E-state index in [-0.39, 0.29) is 17.4 Å². The quantitative estimate of drug-likeness (QED) is 0.442. The number of fused-ring (bicyclic) bond motifs is 1. The van der Waals surface area contributed by atoms with Gasteiger partial charge in [-0.3, -0.25) is 14.6 Å². The van der Waals surface area contributed by atoms with Crippen molar-refractivity contribution >= 4 is 29.1 Å². The van der Waals surface area contributed by atoms with Crippen LogP contribution in [0.5, 0.6) is 0 Å². The normalized spacial score (nSPS) is 13.0. The lowest BCUT2D eigenvalue weighted by Gasteiger charge is -2.10. The zero-order chi connectivity index (χ0) is 20.4. The SMILES string of the molecule is CCCn1c(SCC(=O)c2ccc3c(c2)CC(=O)N3C)nnc1-c1ccncc1. The number of nitrogens with zero attached hydrogens (tertiary/aromatic N) is 5. The number of Topliss-reactive ketones (excluding diaryl/α,β-unsaturated/α-hetero) is 1. The largest absolute Gasteiger partial charge is 0.315 e. The molecule has 7 nitrogen and oxygen atoms in total. The van der Waals surface area contributed by atoms with Gasteiger partial charge in [-0.15, -0.1) is 10.2 Å². The van der Waals surface area contributed by atoms with E-state index in [2.05, 4.69) is 22.1 Å². The number of hydrogen-bond donors (Lipinski definition) is 0. The lowest BCUT2D eigenvalue weighted by atomic mass is 10.1. The minimum atomic E-state index is 0.0105. The first-order chi connectivity index (χ1) is 14.1. The predicted octanol–water partition coefficient (Wildman–Crippen LogP) is 3.24. The highest BCUT2D eigenvalue weighted by Crippen LogP contribution is 2.29. The highest BCUT2D eigenvalue weighted by molar-refractivity contribution is 7.99. The topological polar surface area (TPSA) is 81.0 Å². The van der Waals surface area contributed by atoms with Gasteiger partial charge in [0.2, 0.25) is 5.91 Å². The molecule has 3 heterocycles. The number of benzene rings is 1. The summed E-state index contributed by atoms with van der Waals surface area (Å²) in [5, 5.41) is 9.36. The zero-order valence-corrected chi connectivity index (χ0v) is 17.1.